The smallest absolute Gasteiger partial charge is 0.272 e. The maximum atomic E-state index is 13.0. The minimum Gasteiger partial charge on any atom is -0.355 e. The van der Waals surface area contributed by atoms with Gasteiger partial charge in [0.1, 0.15) is 5.69 Å². The summed E-state index contributed by atoms with van der Waals surface area (Å²) in [6.45, 7) is 1.95. The molecule has 1 saturated heterocycles. The monoisotopic (exact) mass is 413 g/mol. The van der Waals surface area contributed by atoms with Crippen LogP contribution in [0.15, 0.2) is 42.9 Å². The van der Waals surface area contributed by atoms with Crippen LogP contribution in [0.4, 0.5) is 0 Å². The Bertz CT molecular complexity index is 738. The third kappa shape index (κ3) is 5.45. The van der Waals surface area contributed by atoms with Gasteiger partial charge in [-0.3, -0.25) is 14.2 Å². The van der Waals surface area contributed by atoms with Crippen molar-refractivity contribution in [2.75, 3.05) is 26.2 Å². The summed E-state index contributed by atoms with van der Waals surface area (Å²) < 4.78 is 1.78. The van der Waals surface area contributed by atoms with Gasteiger partial charge in [-0.25, -0.2) is 4.98 Å². The zero-order valence-corrected chi connectivity index (χ0v) is 16.5. The van der Waals surface area contributed by atoms with E-state index in [0.717, 1.165) is 18.5 Å². The van der Waals surface area contributed by atoms with E-state index in [1.165, 1.54) is 0 Å². The summed E-state index contributed by atoms with van der Waals surface area (Å²) in [5.74, 6) is -0.311. The lowest BCUT2D eigenvalue weighted by atomic mass is 9.97. The van der Waals surface area contributed by atoms with Crippen LogP contribution in [0.3, 0.4) is 0 Å². The van der Waals surface area contributed by atoms with Crippen LogP contribution in [-0.2, 0) is 4.79 Å². The summed E-state index contributed by atoms with van der Waals surface area (Å²) >= 11 is 0. The molecule has 0 radical (unpaired) electrons. The van der Waals surface area contributed by atoms with Gasteiger partial charge in [-0.2, -0.15) is 0 Å². The Morgan fingerprint density at radius 1 is 1.22 bits per heavy atom. The van der Waals surface area contributed by atoms with E-state index in [-0.39, 0.29) is 42.5 Å². The predicted molar refractivity (Wildman–Crippen MR) is 109 cm³/mol. The van der Waals surface area contributed by atoms with Gasteiger partial charge in [0.05, 0.1) is 18.4 Å². The fourth-order valence-corrected chi connectivity index (χ4v) is 3.12. The first-order chi connectivity index (χ1) is 12.2. The van der Waals surface area contributed by atoms with Crippen molar-refractivity contribution >= 4 is 36.6 Å². The average Bonchev–Trinajstić information content (AvgIpc) is 3.16. The molecule has 7 nitrogen and oxygen atoms in total. The van der Waals surface area contributed by atoms with Gasteiger partial charge in [-0.05, 0) is 25.0 Å². The standard InChI is InChI=1S/C18H23N5O2.2ClH/c19-8-9-21-17(24)14-5-4-10-22(12-14)18(25)16-11-20-13-23(16)15-6-2-1-3-7-15;;/h1-3,6-7,11,13-14H,4-5,8-10,12,19H2,(H,21,24);2*1H. The molecule has 1 atom stereocenters. The van der Waals surface area contributed by atoms with Gasteiger partial charge in [-0.1, -0.05) is 18.2 Å². The molecular formula is C18H25Cl2N5O2. The van der Waals surface area contributed by atoms with Gasteiger partial charge in [0.2, 0.25) is 5.91 Å². The van der Waals surface area contributed by atoms with E-state index >= 15 is 0 Å². The number of piperidine rings is 1. The van der Waals surface area contributed by atoms with Gasteiger partial charge in [-0.15, -0.1) is 24.8 Å². The molecule has 9 heteroatoms. The fraction of sp³-hybridized carbons (Fsp3) is 0.389. The lowest BCUT2D eigenvalue weighted by molar-refractivity contribution is -0.126. The second kappa shape index (κ2) is 10.9. The van der Waals surface area contributed by atoms with Crippen LogP contribution in [0.1, 0.15) is 23.3 Å². The van der Waals surface area contributed by atoms with Crippen LogP contribution in [0.25, 0.3) is 5.69 Å². The van der Waals surface area contributed by atoms with Crippen molar-refractivity contribution in [3.8, 4) is 5.69 Å². The van der Waals surface area contributed by atoms with Crippen LogP contribution < -0.4 is 11.1 Å². The lowest BCUT2D eigenvalue weighted by Gasteiger charge is -2.32. The molecule has 148 valence electrons. The normalized spacial score (nSPS) is 16.0. The van der Waals surface area contributed by atoms with E-state index in [0.29, 0.717) is 31.9 Å². The van der Waals surface area contributed by atoms with E-state index < -0.39 is 0 Å². The highest BCUT2D eigenvalue weighted by Gasteiger charge is 2.30. The van der Waals surface area contributed by atoms with Gasteiger partial charge < -0.3 is 16.0 Å². The number of imidazole rings is 1. The van der Waals surface area contributed by atoms with Crippen molar-refractivity contribution in [2.24, 2.45) is 11.7 Å². The first kappa shape index (κ1) is 23.0. The van der Waals surface area contributed by atoms with E-state index in [1.807, 2.05) is 30.3 Å². The Labute approximate surface area is 171 Å². The second-order valence-corrected chi connectivity index (χ2v) is 6.15. The zero-order valence-electron chi connectivity index (χ0n) is 14.9. The summed E-state index contributed by atoms with van der Waals surface area (Å²) in [7, 11) is 0. The highest BCUT2D eigenvalue weighted by atomic mass is 35.5. The molecule has 1 aromatic carbocycles. The van der Waals surface area contributed by atoms with Gasteiger partial charge >= 0.3 is 0 Å². The fourth-order valence-electron chi connectivity index (χ4n) is 3.12. The van der Waals surface area contributed by atoms with Crippen LogP contribution in [0.2, 0.25) is 0 Å². The summed E-state index contributed by atoms with van der Waals surface area (Å²) in [4.78, 5) is 31.0. The molecule has 1 unspecified atom stereocenters. The van der Waals surface area contributed by atoms with Crippen LogP contribution in [0.5, 0.6) is 0 Å². The number of nitrogens with one attached hydrogen (secondary N) is 1. The Kier molecular flexibility index (Phi) is 9.28. The number of nitrogens with two attached hydrogens (primary N) is 1. The third-order valence-corrected chi connectivity index (χ3v) is 4.41. The number of hydrogen-bond donors (Lipinski definition) is 2. The second-order valence-electron chi connectivity index (χ2n) is 6.15. The number of halogens is 2. The van der Waals surface area contributed by atoms with Crippen LogP contribution >= 0.6 is 24.8 Å². The molecule has 3 N–H and O–H groups in total. The number of carbonyl (C=O) groups is 2. The Morgan fingerprint density at radius 3 is 2.67 bits per heavy atom. The van der Waals surface area contributed by atoms with E-state index in [1.54, 1.807) is 22.0 Å². The van der Waals surface area contributed by atoms with Crippen molar-refractivity contribution in [1.82, 2.24) is 19.8 Å². The minimum atomic E-state index is -0.183. The van der Waals surface area contributed by atoms with Gasteiger partial charge in [0.15, 0.2) is 0 Å². The predicted octanol–water partition coefficient (Wildman–Crippen LogP) is 1.64. The molecule has 1 fully saturated rings. The first-order valence-corrected chi connectivity index (χ1v) is 8.55. The first-order valence-electron chi connectivity index (χ1n) is 8.55. The number of aromatic nitrogens is 2. The molecule has 1 aliphatic rings. The molecule has 2 heterocycles. The number of amides is 2. The van der Waals surface area contributed by atoms with Crippen molar-refractivity contribution in [1.29, 1.82) is 0 Å². The molecule has 1 aromatic heterocycles. The molecule has 27 heavy (non-hydrogen) atoms. The van der Waals surface area contributed by atoms with Crippen LogP contribution in [-0.4, -0.2) is 52.4 Å². The Balaban J connectivity index is 0.00000182. The number of carbonyl (C=O) groups excluding carboxylic acids is 2. The SMILES string of the molecule is Cl.Cl.NCCNC(=O)C1CCCN(C(=O)c2cncn2-c2ccccc2)C1. The van der Waals surface area contributed by atoms with E-state index in [9.17, 15) is 9.59 Å². The van der Waals surface area contributed by atoms with Crippen molar-refractivity contribution in [2.45, 2.75) is 12.8 Å². The largest absolute Gasteiger partial charge is 0.355 e. The molecule has 2 aromatic rings. The minimum absolute atomic E-state index is 0. The third-order valence-electron chi connectivity index (χ3n) is 4.41. The molecule has 0 spiro atoms. The van der Waals surface area contributed by atoms with Gasteiger partial charge in [0, 0.05) is 31.9 Å². The maximum Gasteiger partial charge on any atom is 0.272 e. The Hall–Kier alpha value is -2.09. The molecule has 0 aliphatic carbocycles. The van der Waals surface area contributed by atoms with Gasteiger partial charge in [0.25, 0.3) is 5.91 Å². The summed E-state index contributed by atoms with van der Waals surface area (Å²) in [5, 5.41) is 2.81. The van der Waals surface area contributed by atoms with Crippen molar-refractivity contribution in [3.05, 3.63) is 48.5 Å². The van der Waals surface area contributed by atoms with E-state index in [2.05, 4.69) is 10.3 Å². The number of hydrogen-bond acceptors (Lipinski definition) is 4. The Morgan fingerprint density at radius 2 is 1.96 bits per heavy atom. The quantitative estimate of drug-likeness (QED) is 0.778. The molecule has 3 rings (SSSR count). The van der Waals surface area contributed by atoms with E-state index in [4.69, 9.17) is 5.73 Å². The number of rotatable bonds is 5. The highest BCUT2D eigenvalue weighted by Crippen LogP contribution is 2.20. The molecule has 2 amide bonds. The lowest BCUT2D eigenvalue weighted by Crippen LogP contribution is -2.46. The summed E-state index contributed by atoms with van der Waals surface area (Å²) in [5.41, 5.74) is 6.82. The topological polar surface area (TPSA) is 93.2 Å². The van der Waals surface area contributed by atoms with Crippen molar-refractivity contribution in [3.63, 3.8) is 0 Å². The van der Waals surface area contributed by atoms with Crippen LogP contribution in [0, 0.1) is 5.92 Å². The number of nitrogens with zero attached hydrogens (tertiary/aromatic N) is 3. The highest BCUT2D eigenvalue weighted by molar-refractivity contribution is 5.93. The number of likely N-dealkylation sites (tertiary alicyclic amines) is 1. The average molecular weight is 414 g/mol. The summed E-state index contributed by atoms with van der Waals surface area (Å²) in [6, 6.07) is 9.62. The molecule has 1 aliphatic heterocycles. The molecule has 0 bridgehead atoms. The molecule has 0 saturated carbocycles. The maximum absolute atomic E-state index is 13.0. The zero-order chi connectivity index (χ0) is 17.6. The van der Waals surface area contributed by atoms with Crippen molar-refractivity contribution < 1.29 is 9.59 Å². The summed E-state index contributed by atoms with van der Waals surface area (Å²) in [6.07, 6.45) is 4.81. The number of benzene rings is 1. The molecular weight excluding hydrogens is 389 g/mol. The number of para-hydroxylation sites is 1.